The summed E-state index contributed by atoms with van der Waals surface area (Å²) in [5.74, 6) is 0.519. The second-order valence-corrected chi connectivity index (χ2v) is 6.96. The molecule has 0 amide bonds. The van der Waals surface area contributed by atoms with E-state index in [9.17, 15) is 13.5 Å². The summed E-state index contributed by atoms with van der Waals surface area (Å²) in [6, 6.07) is 4.52. The highest BCUT2D eigenvalue weighted by molar-refractivity contribution is 7.89. The van der Waals surface area contributed by atoms with Crippen molar-refractivity contribution in [1.82, 2.24) is 4.31 Å². The highest BCUT2D eigenvalue weighted by atomic mass is 32.2. The average Bonchev–Trinajstić information content (AvgIpc) is 2.44. The van der Waals surface area contributed by atoms with Gasteiger partial charge in [0.05, 0.1) is 18.1 Å². The van der Waals surface area contributed by atoms with Crippen LogP contribution in [0.4, 0.5) is 0 Å². The van der Waals surface area contributed by atoms with E-state index in [-0.39, 0.29) is 17.5 Å². The van der Waals surface area contributed by atoms with Crippen molar-refractivity contribution in [3.05, 3.63) is 23.8 Å². The molecule has 1 rings (SSSR count). The Bertz CT molecular complexity index is 555. The van der Waals surface area contributed by atoms with Gasteiger partial charge in [-0.2, -0.15) is 4.31 Å². The van der Waals surface area contributed by atoms with Crippen LogP contribution in [0.3, 0.4) is 0 Å². The third kappa shape index (κ3) is 4.18. The Kier molecular flexibility index (Phi) is 6.64. The van der Waals surface area contributed by atoms with Gasteiger partial charge in [-0.15, -0.1) is 0 Å². The molecule has 1 aromatic rings. The quantitative estimate of drug-likeness (QED) is 0.800. The molecule has 0 aliphatic carbocycles. The van der Waals surface area contributed by atoms with Gasteiger partial charge in [-0.1, -0.05) is 6.92 Å². The van der Waals surface area contributed by atoms with Crippen LogP contribution in [0.5, 0.6) is 5.75 Å². The van der Waals surface area contributed by atoms with Gasteiger partial charge in [-0.25, -0.2) is 8.42 Å². The highest BCUT2D eigenvalue weighted by Crippen LogP contribution is 2.26. The molecule has 0 spiro atoms. The average molecular weight is 315 g/mol. The molecule has 0 atom stereocenters. The fourth-order valence-corrected chi connectivity index (χ4v) is 3.93. The zero-order chi connectivity index (χ0) is 16.0. The van der Waals surface area contributed by atoms with Gasteiger partial charge < -0.3 is 9.84 Å². The largest absolute Gasteiger partial charge is 0.494 e. The standard InChI is InChI=1S/C15H25NO4S/c1-5-9-16(12(3)4)21(18,19)14-7-8-15(20-6-2)13(10-14)11-17/h7-8,10,12,17H,5-6,9,11H2,1-4H3. The Hall–Kier alpha value is -1.11. The predicted octanol–water partition coefficient (Wildman–Crippen LogP) is 2.39. The number of benzene rings is 1. The number of hydrogen-bond acceptors (Lipinski definition) is 4. The molecule has 0 saturated heterocycles. The first-order valence-electron chi connectivity index (χ1n) is 7.26. The predicted molar refractivity (Wildman–Crippen MR) is 82.9 cm³/mol. The van der Waals surface area contributed by atoms with Crippen molar-refractivity contribution in [2.45, 2.75) is 51.7 Å². The number of hydrogen-bond donors (Lipinski definition) is 1. The maximum Gasteiger partial charge on any atom is 0.243 e. The fraction of sp³-hybridized carbons (Fsp3) is 0.600. The Morgan fingerprint density at radius 1 is 1.29 bits per heavy atom. The molecule has 0 saturated carbocycles. The molecular formula is C15H25NO4S. The summed E-state index contributed by atoms with van der Waals surface area (Å²) in [5.41, 5.74) is 0.484. The highest BCUT2D eigenvalue weighted by Gasteiger charge is 2.26. The van der Waals surface area contributed by atoms with Crippen LogP contribution in [-0.2, 0) is 16.6 Å². The van der Waals surface area contributed by atoms with Gasteiger partial charge in [0.25, 0.3) is 0 Å². The van der Waals surface area contributed by atoms with Crippen molar-refractivity contribution in [2.75, 3.05) is 13.2 Å². The molecule has 1 N–H and O–H groups in total. The van der Waals surface area contributed by atoms with Gasteiger partial charge in [-0.05, 0) is 45.4 Å². The van der Waals surface area contributed by atoms with E-state index in [2.05, 4.69) is 0 Å². The number of aliphatic hydroxyl groups is 1. The lowest BCUT2D eigenvalue weighted by molar-refractivity contribution is 0.266. The SMILES string of the molecule is CCCN(C(C)C)S(=O)(=O)c1ccc(OCC)c(CO)c1. The van der Waals surface area contributed by atoms with Crippen LogP contribution < -0.4 is 4.74 Å². The van der Waals surface area contributed by atoms with Crippen LogP contribution in [-0.4, -0.2) is 37.0 Å². The van der Waals surface area contributed by atoms with Crippen molar-refractivity contribution in [3.63, 3.8) is 0 Å². The Balaban J connectivity index is 3.24. The third-order valence-corrected chi connectivity index (χ3v) is 5.20. The zero-order valence-electron chi connectivity index (χ0n) is 13.2. The minimum absolute atomic E-state index is 0.112. The maximum absolute atomic E-state index is 12.7. The summed E-state index contributed by atoms with van der Waals surface area (Å²) in [7, 11) is -3.56. The molecule has 0 unspecified atom stereocenters. The number of aliphatic hydroxyl groups excluding tert-OH is 1. The Morgan fingerprint density at radius 2 is 1.95 bits per heavy atom. The maximum atomic E-state index is 12.7. The summed E-state index contributed by atoms with van der Waals surface area (Å²) in [6.45, 7) is 8.18. The van der Waals surface area contributed by atoms with Crippen LogP contribution >= 0.6 is 0 Å². The normalized spacial score (nSPS) is 12.1. The summed E-state index contributed by atoms with van der Waals surface area (Å²) < 4.78 is 32.3. The molecule has 5 nitrogen and oxygen atoms in total. The molecule has 21 heavy (non-hydrogen) atoms. The fourth-order valence-electron chi connectivity index (χ4n) is 2.15. The van der Waals surface area contributed by atoms with E-state index in [1.807, 2.05) is 27.7 Å². The monoisotopic (exact) mass is 315 g/mol. The number of ether oxygens (including phenoxy) is 1. The first-order chi connectivity index (χ1) is 9.88. The smallest absolute Gasteiger partial charge is 0.243 e. The van der Waals surface area contributed by atoms with Crippen LogP contribution in [0.1, 0.15) is 39.7 Å². The molecule has 0 fully saturated rings. The van der Waals surface area contributed by atoms with E-state index in [0.29, 0.717) is 24.5 Å². The van der Waals surface area contributed by atoms with Crippen LogP contribution in [0, 0.1) is 0 Å². The molecule has 0 aliphatic rings. The minimum atomic E-state index is -3.56. The zero-order valence-corrected chi connectivity index (χ0v) is 14.0. The molecule has 0 aromatic heterocycles. The van der Waals surface area contributed by atoms with E-state index >= 15 is 0 Å². The first kappa shape index (κ1) is 17.9. The van der Waals surface area contributed by atoms with E-state index in [4.69, 9.17) is 4.74 Å². The number of rotatable bonds is 8. The second kappa shape index (κ2) is 7.77. The van der Waals surface area contributed by atoms with Crippen molar-refractivity contribution in [3.8, 4) is 5.75 Å². The lowest BCUT2D eigenvalue weighted by Gasteiger charge is -2.25. The van der Waals surface area contributed by atoms with Crippen molar-refractivity contribution < 1.29 is 18.3 Å². The molecule has 1 aromatic carbocycles. The lowest BCUT2D eigenvalue weighted by Crippen LogP contribution is -2.37. The van der Waals surface area contributed by atoms with Crippen molar-refractivity contribution >= 4 is 10.0 Å². The van der Waals surface area contributed by atoms with Crippen LogP contribution in [0.2, 0.25) is 0 Å². The van der Waals surface area contributed by atoms with Gasteiger partial charge in [0.1, 0.15) is 5.75 Å². The number of nitrogens with zero attached hydrogens (tertiary/aromatic N) is 1. The molecule has 0 bridgehead atoms. The summed E-state index contributed by atoms with van der Waals surface area (Å²) >= 11 is 0. The summed E-state index contributed by atoms with van der Waals surface area (Å²) in [6.07, 6.45) is 0.751. The Morgan fingerprint density at radius 3 is 2.43 bits per heavy atom. The topological polar surface area (TPSA) is 66.8 Å². The molecular weight excluding hydrogens is 290 g/mol. The van der Waals surface area contributed by atoms with Gasteiger partial charge in [-0.3, -0.25) is 0 Å². The van der Waals surface area contributed by atoms with E-state index < -0.39 is 10.0 Å². The third-order valence-electron chi connectivity index (χ3n) is 3.13. The van der Waals surface area contributed by atoms with Gasteiger partial charge in [0.15, 0.2) is 0 Å². The van der Waals surface area contributed by atoms with Gasteiger partial charge >= 0.3 is 0 Å². The first-order valence-corrected chi connectivity index (χ1v) is 8.70. The lowest BCUT2D eigenvalue weighted by atomic mass is 10.2. The van der Waals surface area contributed by atoms with Crippen LogP contribution in [0.25, 0.3) is 0 Å². The van der Waals surface area contributed by atoms with Crippen molar-refractivity contribution in [1.29, 1.82) is 0 Å². The van der Waals surface area contributed by atoms with E-state index in [0.717, 1.165) is 6.42 Å². The van der Waals surface area contributed by atoms with Crippen molar-refractivity contribution in [2.24, 2.45) is 0 Å². The minimum Gasteiger partial charge on any atom is -0.494 e. The van der Waals surface area contributed by atoms with E-state index in [1.54, 1.807) is 6.07 Å². The molecule has 0 radical (unpaired) electrons. The Labute approximate surface area is 127 Å². The van der Waals surface area contributed by atoms with E-state index in [1.165, 1.54) is 16.4 Å². The molecule has 120 valence electrons. The number of sulfonamides is 1. The summed E-state index contributed by atoms with van der Waals surface area (Å²) in [5, 5.41) is 9.40. The molecule has 0 aliphatic heterocycles. The van der Waals surface area contributed by atoms with Gasteiger partial charge in [0, 0.05) is 18.2 Å². The second-order valence-electron chi connectivity index (χ2n) is 5.07. The molecule has 0 heterocycles. The van der Waals surface area contributed by atoms with Gasteiger partial charge in [0.2, 0.25) is 10.0 Å². The summed E-state index contributed by atoms with van der Waals surface area (Å²) in [4.78, 5) is 0.192. The molecule has 6 heteroatoms. The van der Waals surface area contributed by atoms with Crippen LogP contribution in [0.15, 0.2) is 23.1 Å².